The van der Waals surface area contributed by atoms with E-state index in [0.717, 1.165) is 36.3 Å². The van der Waals surface area contributed by atoms with Crippen LogP contribution in [0.15, 0.2) is 36.7 Å². The first-order valence-electron chi connectivity index (χ1n) is 13.1. The Labute approximate surface area is 222 Å². The van der Waals surface area contributed by atoms with Gasteiger partial charge < -0.3 is 25.0 Å². The van der Waals surface area contributed by atoms with Crippen molar-refractivity contribution in [2.45, 2.75) is 69.7 Å². The maximum Gasteiger partial charge on any atom is 0.322 e. The molecule has 2 unspecified atom stereocenters. The number of carbonyl (C=O) groups is 3. The van der Waals surface area contributed by atoms with Crippen molar-refractivity contribution in [3.8, 4) is 0 Å². The number of imidazole rings is 1. The van der Waals surface area contributed by atoms with E-state index in [1.54, 1.807) is 12.4 Å². The van der Waals surface area contributed by atoms with E-state index in [4.69, 9.17) is 0 Å². The Morgan fingerprint density at radius 2 is 1.92 bits per heavy atom. The molecule has 0 spiro atoms. The molecule has 0 saturated carbocycles. The number of aromatic amines is 1. The van der Waals surface area contributed by atoms with Gasteiger partial charge in [-0.3, -0.25) is 9.59 Å². The molecule has 0 radical (unpaired) electrons. The molecule has 1 aromatic carbocycles. The van der Waals surface area contributed by atoms with Gasteiger partial charge in [-0.25, -0.2) is 9.78 Å². The van der Waals surface area contributed by atoms with Crippen LogP contribution in [0.25, 0.3) is 0 Å². The summed E-state index contributed by atoms with van der Waals surface area (Å²) >= 11 is 1.52. The molecular formula is C27H36N6O3S. The van der Waals surface area contributed by atoms with E-state index in [0.29, 0.717) is 26.2 Å². The Bertz CT molecular complexity index is 1140. The summed E-state index contributed by atoms with van der Waals surface area (Å²) in [7, 11) is 0. The van der Waals surface area contributed by atoms with Gasteiger partial charge in [-0.1, -0.05) is 39.0 Å². The fourth-order valence-corrected chi connectivity index (χ4v) is 6.68. The Morgan fingerprint density at radius 1 is 1.16 bits per heavy atom. The zero-order chi connectivity index (χ0) is 26.2. The summed E-state index contributed by atoms with van der Waals surface area (Å²) in [4.78, 5) is 52.5. The van der Waals surface area contributed by atoms with E-state index in [2.05, 4.69) is 36.1 Å². The summed E-state index contributed by atoms with van der Waals surface area (Å²) in [5.41, 5.74) is 2.09. The number of benzene rings is 1. The summed E-state index contributed by atoms with van der Waals surface area (Å²) < 4.78 is 0. The highest BCUT2D eigenvalue weighted by Gasteiger charge is 2.44. The Hall–Kier alpha value is -3.01. The monoisotopic (exact) mass is 524 g/mol. The van der Waals surface area contributed by atoms with E-state index in [9.17, 15) is 14.4 Å². The van der Waals surface area contributed by atoms with Gasteiger partial charge in [0, 0.05) is 56.7 Å². The molecule has 37 heavy (non-hydrogen) atoms. The highest BCUT2D eigenvalue weighted by Crippen LogP contribution is 2.44. The number of hydrogen-bond acceptors (Lipinski definition) is 5. The second kappa shape index (κ2) is 10.4. The van der Waals surface area contributed by atoms with Crippen molar-refractivity contribution in [3.05, 3.63) is 48.0 Å². The van der Waals surface area contributed by atoms with Crippen LogP contribution in [0.3, 0.4) is 0 Å². The van der Waals surface area contributed by atoms with Crippen LogP contribution in [-0.4, -0.2) is 73.4 Å². The highest BCUT2D eigenvalue weighted by molar-refractivity contribution is 8.01. The summed E-state index contributed by atoms with van der Waals surface area (Å²) in [5, 5.41) is 2.38. The largest absolute Gasteiger partial charge is 0.346 e. The van der Waals surface area contributed by atoms with Crippen LogP contribution >= 0.6 is 11.8 Å². The van der Waals surface area contributed by atoms with Crippen molar-refractivity contribution < 1.29 is 14.4 Å². The Balaban J connectivity index is 1.18. The van der Waals surface area contributed by atoms with Crippen molar-refractivity contribution in [2.24, 2.45) is 5.41 Å². The van der Waals surface area contributed by atoms with Crippen LogP contribution < -0.4 is 5.32 Å². The van der Waals surface area contributed by atoms with Gasteiger partial charge in [0.05, 0.1) is 5.25 Å². The maximum atomic E-state index is 13.4. The quantitative estimate of drug-likeness (QED) is 0.589. The molecule has 2 saturated heterocycles. The molecule has 0 aliphatic carbocycles. The summed E-state index contributed by atoms with van der Waals surface area (Å²) in [5.74, 6) is 0.778. The molecule has 2 N–H and O–H groups in total. The van der Waals surface area contributed by atoms with E-state index in [-0.39, 0.29) is 41.1 Å². The molecule has 3 aliphatic rings. The van der Waals surface area contributed by atoms with Crippen LogP contribution in [0.1, 0.15) is 63.2 Å². The number of H-pyrrole nitrogens is 1. The minimum absolute atomic E-state index is 0.00797. The second-order valence-electron chi connectivity index (χ2n) is 11.3. The van der Waals surface area contributed by atoms with E-state index >= 15 is 0 Å². The van der Waals surface area contributed by atoms with E-state index in [1.165, 1.54) is 11.8 Å². The first kappa shape index (κ1) is 25.6. The smallest absolute Gasteiger partial charge is 0.322 e. The first-order valence-corrected chi connectivity index (χ1v) is 14.0. The fourth-order valence-electron chi connectivity index (χ4n) is 5.26. The lowest BCUT2D eigenvalue weighted by molar-refractivity contribution is -0.137. The van der Waals surface area contributed by atoms with Gasteiger partial charge in [-0.2, -0.15) is 0 Å². The lowest BCUT2D eigenvalue weighted by Crippen LogP contribution is -2.51. The minimum Gasteiger partial charge on any atom is -0.346 e. The molecule has 2 fully saturated rings. The van der Waals surface area contributed by atoms with Gasteiger partial charge in [0.2, 0.25) is 11.8 Å². The van der Waals surface area contributed by atoms with Gasteiger partial charge in [-0.15, -0.1) is 11.8 Å². The Morgan fingerprint density at radius 3 is 2.62 bits per heavy atom. The number of para-hydroxylation sites is 1. The molecular weight excluding hydrogens is 488 g/mol. The number of piperidine rings is 1. The summed E-state index contributed by atoms with van der Waals surface area (Å²) in [6.07, 6.45) is 6.01. The van der Waals surface area contributed by atoms with E-state index in [1.807, 2.05) is 39.0 Å². The lowest BCUT2D eigenvalue weighted by Gasteiger charge is -2.40. The highest BCUT2D eigenvalue weighted by atomic mass is 32.2. The summed E-state index contributed by atoms with van der Waals surface area (Å²) in [6.45, 7) is 8.91. The number of anilines is 1. The molecule has 4 heterocycles. The fraction of sp³-hybridized carbons (Fsp3) is 0.556. The first-order chi connectivity index (χ1) is 17.7. The second-order valence-corrected chi connectivity index (χ2v) is 12.6. The van der Waals surface area contributed by atoms with Crippen LogP contribution in [0.2, 0.25) is 0 Å². The topological polar surface area (TPSA) is 102 Å². The Kier molecular flexibility index (Phi) is 7.20. The number of hydrogen-bond donors (Lipinski definition) is 2. The van der Waals surface area contributed by atoms with Gasteiger partial charge >= 0.3 is 6.03 Å². The van der Waals surface area contributed by atoms with Crippen LogP contribution in [-0.2, 0) is 16.1 Å². The van der Waals surface area contributed by atoms with Crippen molar-refractivity contribution in [2.75, 3.05) is 25.0 Å². The molecule has 9 nitrogen and oxygen atoms in total. The molecule has 2 atom stereocenters. The van der Waals surface area contributed by atoms with Crippen molar-refractivity contribution in [3.63, 3.8) is 0 Å². The zero-order valence-corrected chi connectivity index (χ0v) is 22.6. The number of thioether (sulfide) groups is 1. The molecule has 198 valence electrons. The van der Waals surface area contributed by atoms with Crippen molar-refractivity contribution >= 4 is 35.3 Å². The number of nitrogens with zero attached hydrogens (tertiary/aromatic N) is 4. The normalized spacial score (nSPS) is 22.8. The molecule has 1 aromatic heterocycles. The summed E-state index contributed by atoms with van der Waals surface area (Å²) in [6, 6.07) is 7.89. The average molecular weight is 525 g/mol. The molecule has 3 aliphatic heterocycles. The maximum absolute atomic E-state index is 13.4. The molecule has 4 amide bonds. The standard InChI is InChI=1S/C27H36N6O3S/c1-27(2,3)10-15-32-24(35)21(37-25(32)23-28-11-12-29-23)16-22(34)31-13-8-19(9-14-31)33-17-18-6-4-5-7-20(18)30-26(33)36/h4-7,11-12,19,21,25H,8-10,13-17H2,1-3H3,(H,28,29)(H,30,36). The number of fused-ring (bicyclic) bond motifs is 1. The van der Waals surface area contributed by atoms with Crippen LogP contribution in [0.4, 0.5) is 10.5 Å². The van der Waals surface area contributed by atoms with Crippen LogP contribution in [0.5, 0.6) is 0 Å². The molecule has 0 bridgehead atoms. The van der Waals surface area contributed by atoms with Crippen molar-refractivity contribution in [1.82, 2.24) is 24.7 Å². The average Bonchev–Trinajstić information content (AvgIpc) is 3.50. The zero-order valence-electron chi connectivity index (χ0n) is 21.8. The van der Waals surface area contributed by atoms with Crippen molar-refractivity contribution in [1.29, 1.82) is 0 Å². The van der Waals surface area contributed by atoms with Gasteiger partial charge in [0.1, 0.15) is 11.2 Å². The SMILES string of the molecule is CC(C)(C)CCN1C(=O)C(CC(=O)N2CCC(N3Cc4ccccc4NC3=O)CC2)SC1c1ncc[nH]1. The molecule has 10 heteroatoms. The van der Waals surface area contributed by atoms with Gasteiger partial charge in [-0.05, 0) is 36.3 Å². The van der Waals surface area contributed by atoms with Crippen LogP contribution in [0, 0.1) is 5.41 Å². The lowest BCUT2D eigenvalue weighted by atomic mass is 9.92. The third-order valence-electron chi connectivity index (χ3n) is 7.47. The number of urea groups is 1. The number of aromatic nitrogens is 2. The predicted octanol–water partition coefficient (Wildman–Crippen LogP) is 4.22. The number of amides is 4. The third kappa shape index (κ3) is 5.63. The third-order valence-corrected chi connectivity index (χ3v) is 8.90. The van der Waals surface area contributed by atoms with Gasteiger partial charge in [0.25, 0.3) is 0 Å². The number of rotatable bonds is 6. The predicted molar refractivity (Wildman–Crippen MR) is 144 cm³/mol. The van der Waals surface area contributed by atoms with E-state index < -0.39 is 5.25 Å². The van der Waals surface area contributed by atoms with Gasteiger partial charge in [0.15, 0.2) is 0 Å². The number of likely N-dealkylation sites (tertiary alicyclic amines) is 1. The molecule has 5 rings (SSSR count). The number of nitrogens with one attached hydrogen (secondary N) is 2. The number of carbonyl (C=O) groups excluding carboxylic acids is 3. The molecule has 2 aromatic rings. The minimum atomic E-state index is -0.412.